The van der Waals surface area contributed by atoms with Crippen LogP contribution < -0.4 is 15.4 Å². The van der Waals surface area contributed by atoms with E-state index >= 15 is 0 Å². The van der Waals surface area contributed by atoms with Crippen LogP contribution in [0.3, 0.4) is 0 Å². The van der Waals surface area contributed by atoms with Crippen molar-refractivity contribution in [3.63, 3.8) is 0 Å². The number of benzene rings is 2. The summed E-state index contributed by atoms with van der Waals surface area (Å²) in [5.74, 6) is 0.517. The number of rotatable bonds is 7. The Labute approximate surface area is 215 Å². The third-order valence-corrected chi connectivity index (χ3v) is 7.43. The van der Waals surface area contributed by atoms with Crippen molar-refractivity contribution in [3.05, 3.63) is 58.6 Å². The van der Waals surface area contributed by atoms with Crippen LogP contribution in [0.15, 0.2) is 42.5 Å². The molecule has 2 aromatic rings. The molecule has 0 bridgehead atoms. The van der Waals surface area contributed by atoms with E-state index in [1.807, 2.05) is 30.3 Å². The average Bonchev–Trinajstić information content (AvgIpc) is 3.26. The average molecular weight is 515 g/mol. The van der Waals surface area contributed by atoms with Gasteiger partial charge in [0.15, 0.2) is 0 Å². The third kappa shape index (κ3) is 5.67. The topological polar surface area (TPSA) is 106 Å². The molecule has 3 heterocycles. The minimum atomic E-state index is -0.537. The van der Waals surface area contributed by atoms with Crippen molar-refractivity contribution in [2.24, 2.45) is 5.92 Å². The van der Waals surface area contributed by atoms with Crippen molar-refractivity contribution in [1.82, 2.24) is 5.32 Å². The highest BCUT2D eigenvalue weighted by atomic mass is 35.5. The zero-order chi connectivity index (χ0) is 25.1. The summed E-state index contributed by atoms with van der Waals surface area (Å²) < 4.78 is 17.5. The lowest BCUT2D eigenvalue weighted by Crippen LogP contribution is -2.47. The summed E-state index contributed by atoms with van der Waals surface area (Å²) in [6.45, 7) is 1.42. The molecular weight excluding hydrogens is 484 g/mol. The number of aliphatic hydroxyl groups is 1. The minimum absolute atomic E-state index is 0.00385. The number of hydrogen-bond acceptors (Lipinski definition) is 6. The third-order valence-electron chi connectivity index (χ3n) is 7.17. The number of amides is 2. The first-order valence-corrected chi connectivity index (χ1v) is 12.8. The summed E-state index contributed by atoms with van der Waals surface area (Å²) in [6.07, 6.45) is 0.987. The Kier molecular flexibility index (Phi) is 7.76. The number of ether oxygens (including phenoxy) is 3. The smallest absolute Gasteiger partial charge is 0.227 e. The van der Waals surface area contributed by atoms with Crippen molar-refractivity contribution in [2.45, 2.75) is 56.5 Å². The maximum absolute atomic E-state index is 12.7. The summed E-state index contributed by atoms with van der Waals surface area (Å²) in [5, 5.41) is 16.6. The van der Waals surface area contributed by atoms with Crippen LogP contribution in [0.4, 0.5) is 5.69 Å². The van der Waals surface area contributed by atoms with Gasteiger partial charge in [0, 0.05) is 47.9 Å². The quantitative estimate of drug-likeness (QED) is 0.523. The van der Waals surface area contributed by atoms with Crippen LogP contribution in [-0.2, 0) is 25.6 Å². The first kappa shape index (κ1) is 25.0. The molecule has 0 unspecified atom stereocenters. The van der Waals surface area contributed by atoms with Crippen LogP contribution in [0.25, 0.3) is 0 Å². The van der Waals surface area contributed by atoms with Crippen LogP contribution in [0.5, 0.6) is 5.75 Å². The first-order chi connectivity index (χ1) is 17.5. The van der Waals surface area contributed by atoms with Gasteiger partial charge < -0.3 is 30.0 Å². The Morgan fingerprint density at radius 1 is 1.08 bits per heavy atom. The van der Waals surface area contributed by atoms with E-state index in [2.05, 4.69) is 10.6 Å². The van der Waals surface area contributed by atoms with E-state index in [4.69, 9.17) is 25.8 Å². The van der Waals surface area contributed by atoms with Gasteiger partial charge in [0.1, 0.15) is 18.0 Å². The maximum Gasteiger partial charge on any atom is 0.227 e. The van der Waals surface area contributed by atoms with Gasteiger partial charge in [0.05, 0.1) is 19.1 Å². The van der Waals surface area contributed by atoms with Crippen molar-refractivity contribution < 1.29 is 28.9 Å². The van der Waals surface area contributed by atoms with E-state index < -0.39 is 6.10 Å². The fourth-order valence-electron chi connectivity index (χ4n) is 5.25. The molecule has 36 heavy (non-hydrogen) atoms. The zero-order valence-corrected chi connectivity index (χ0v) is 20.7. The Morgan fingerprint density at radius 2 is 1.86 bits per heavy atom. The van der Waals surface area contributed by atoms with Gasteiger partial charge >= 0.3 is 0 Å². The number of carbonyl (C=O) groups excluding carboxylic acids is 2. The summed E-state index contributed by atoms with van der Waals surface area (Å²) in [7, 11) is 0. The molecule has 2 saturated heterocycles. The van der Waals surface area contributed by atoms with Crippen LogP contribution in [0, 0.1) is 5.92 Å². The molecule has 9 heteroatoms. The molecule has 5 rings (SSSR count). The fourth-order valence-corrected chi connectivity index (χ4v) is 5.38. The molecule has 0 saturated carbocycles. The lowest BCUT2D eigenvalue weighted by atomic mass is 9.84. The van der Waals surface area contributed by atoms with Gasteiger partial charge in [-0.3, -0.25) is 9.59 Å². The van der Waals surface area contributed by atoms with Crippen molar-refractivity contribution in [1.29, 1.82) is 0 Å². The van der Waals surface area contributed by atoms with Gasteiger partial charge in [-0.05, 0) is 55.2 Å². The molecule has 0 spiro atoms. The second-order valence-corrected chi connectivity index (χ2v) is 10.1. The molecule has 8 nitrogen and oxygen atoms in total. The summed E-state index contributed by atoms with van der Waals surface area (Å²) in [4.78, 5) is 25.3. The molecule has 0 aliphatic carbocycles. The largest absolute Gasteiger partial charge is 0.487 e. The summed E-state index contributed by atoms with van der Waals surface area (Å²) in [5.41, 5.74) is 2.65. The SMILES string of the molecule is O=C(C[C@H]1C[C@H]2c3cc(NC(=O)C4CCOCC4)ccc3O[C@H]2[C@H](CO)O1)NCc1ccc(Cl)cc1. The molecule has 2 aromatic carbocycles. The van der Waals surface area contributed by atoms with E-state index in [0.29, 0.717) is 31.2 Å². The summed E-state index contributed by atoms with van der Waals surface area (Å²) in [6, 6.07) is 13.0. The molecule has 3 aliphatic heterocycles. The molecule has 192 valence electrons. The Morgan fingerprint density at radius 3 is 2.61 bits per heavy atom. The second kappa shape index (κ2) is 11.2. The first-order valence-electron chi connectivity index (χ1n) is 12.5. The molecule has 0 aromatic heterocycles. The van der Waals surface area contributed by atoms with E-state index in [9.17, 15) is 14.7 Å². The molecule has 3 N–H and O–H groups in total. The van der Waals surface area contributed by atoms with E-state index in [0.717, 1.165) is 35.4 Å². The fraction of sp³-hybridized carbons (Fsp3) is 0.481. The van der Waals surface area contributed by atoms with E-state index in [1.54, 1.807) is 12.1 Å². The standard InChI is InChI=1S/C27H31ClN2O6/c28-18-3-1-16(2-4-18)14-29-25(32)13-20-12-22-21-11-19(30-27(33)17-7-9-34-10-8-17)5-6-23(21)36-26(22)24(15-31)35-20/h1-6,11,17,20,22,24,26,31H,7-10,12-15H2,(H,29,32)(H,30,33)/t20-,22+,24+,26-/m1/s1. The number of hydrogen-bond donors (Lipinski definition) is 3. The normalized spacial score (nSPS) is 25.4. The van der Waals surface area contributed by atoms with Gasteiger partial charge in [0.25, 0.3) is 0 Å². The van der Waals surface area contributed by atoms with Crippen LogP contribution in [-0.4, -0.2) is 55.1 Å². The number of nitrogens with one attached hydrogen (secondary N) is 2. The van der Waals surface area contributed by atoms with Gasteiger partial charge in [0.2, 0.25) is 11.8 Å². The van der Waals surface area contributed by atoms with Crippen LogP contribution in [0.1, 0.15) is 42.7 Å². The van der Waals surface area contributed by atoms with E-state index in [-0.39, 0.29) is 48.9 Å². The number of anilines is 1. The Hall–Kier alpha value is -2.65. The maximum atomic E-state index is 12.7. The molecular formula is C27H31ClN2O6. The lowest BCUT2D eigenvalue weighted by molar-refractivity contribution is -0.142. The van der Waals surface area contributed by atoms with Gasteiger partial charge in [-0.1, -0.05) is 23.7 Å². The monoisotopic (exact) mass is 514 g/mol. The number of halogens is 1. The molecule has 2 amide bonds. The predicted octanol–water partition coefficient (Wildman–Crippen LogP) is 3.41. The molecule has 0 radical (unpaired) electrons. The predicted molar refractivity (Wildman–Crippen MR) is 134 cm³/mol. The number of fused-ring (bicyclic) bond motifs is 3. The molecule has 4 atom stereocenters. The highest BCUT2D eigenvalue weighted by molar-refractivity contribution is 6.30. The Balaban J connectivity index is 1.23. The number of aliphatic hydroxyl groups excluding tert-OH is 1. The van der Waals surface area contributed by atoms with Crippen LogP contribution >= 0.6 is 11.6 Å². The highest BCUT2D eigenvalue weighted by Gasteiger charge is 2.46. The second-order valence-electron chi connectivity index (χ2n) is 9.64. The molecule has 2 fully saturated rings. The zero-order valence-electron chi connectivity index (χ0n) is 20.0. The highest BCUT2D eigenvalue weighted by Crippen LogP contribution is 2.47. The van der Waals surface area contributed by atoms with Crippen LogP contribution in [0.2, 0.25) is 5.02 Å². The van der Waals surface area contributed by atoms with Gasteiger partial charge in [-0.2, -0.15) is 0 Å². The Bertz CT molecular complexity index is 1090. The van der Waals surface area contributed by atoms with E-state index in [1.165, 1.54) is 0 Å². The van der Waals surface area contributed by atoms with Crippen molar-refractivity contribution in [3.8, 4) is 5.75 Å². The molecule has 3 aliphatic rings. The lowest BCUT2D eigenvalue weighted by Gasteiger charge is -2.37. The van der Waals surface area contributed by atoms with Crippen molar-refractivity contribution >= 4 is 29.1 Å². The summed E-state index contributed by atoms with van der Waals surface area (Å²) >= 11 is 5.92. The van der Waals surface area contributed by atoms with Gasteiger partial charge in [-0.25, -0.2) is 0 Å². The van der Waals surface area contributed by atoms with Gasteiger partial charge in [-0.15, -0.1) is 0 Å². The number of carbonyl (C=O) groups is 2. The van der Waals surface area contributed by atoms with Crippen molar-refractivity contribution in [2.75, 3.05) is 25.1 Å². The minimum Gasteiger partial charge on any atom is -0.487 e.